The van der Waals surface area contributed by atoms with Gasteiger partial charge in [-0.3, -0.25) is 4.99 Å². The van der Waals surface area contributed by atoms with Crippen LogP contribution in [0.5, 0.6) is 5.75 Å². The molecule has 1 atom stereocenters. The number of guanidine groups is 1. The van der Waals surface area contributed by atoms with Crippen LogP contribution in [0.3, 0.4) is 0 Å². The van der Waals surface area contributed by atoms with Crippen molar-refractivity contribution in [3.05, 3.63) is 53.5 Å². The quantitative estimate of drug-likeness (QED) is 0.408. The van der Waals surface area contributed by atoms with E-state index in [4.69, 9.17) is 13.9 Å². The number of ether oxygens (including phenoxy) is 2. The maximum atomic E-state index is 5.74. The number of benzene rings is 1. The fourth-order valence-corrected chi connectivity index (χ4v) is 2.48. The molecule has 26 heavy (non-hydrogen) atoms. The second-order valence-corrected chi connectivity index (χ2v) is 6.08. The largest absolute Gasteiger partial charge is 0.493 e. The Bertz CT molecular complexity index is 697. The molecule has 142 valence electrons. The Kier molecular flexibility index (Phi) is 8.02. The first-order valence-corrected chi connectivity index (χ1v) is 8.86. The smallest absolute Gasteiger partial charge is 0.191 e. The van der Waals surface area contributed by atoms with Gasteiger partial charge in [-0.15, -0.1) is 0 Å². The fraction of sp³-hybridized carbons (Fsp3) is 0.450. The van der Waals surface area contributed by atoms with Crippen LogP contribution in [-0.2, 0) is 11.3 Å². The highest BCUT2D eigenvalue weighted by atomic mass is 16.5. The second kappa shape index (κ2) is 10.5. The Balaban J connectivity index is 1.84. The van der Waals surface area contributed by atoms with Gasteiger partial charge in [-0.05, 0) is 43.7 Å². The molecule has 1 heterocycles. The predicted octanol–water partition coefficient (Wildman–Crippen LogP) is 3.43. The molecule has 6 heteroatoms. The number of nitrogens with one attached hydrogen (secondary N) is 2. The summed E-state index contributed by atoms with van der Waals surface area (Å²) in [6.07, 6.45) is 0.875. The van der Waals surface area contributed by atoms with E-state index < -0.39 is 0 Å². The van der Waals surface area contributed by atoms with E-state index in [0.29, 0.717) is 19.8 Å². The molecule has 1 unspecified atom stereocenters. The average Bonchev–Trinajstić information content (AvgIpc) is 3.09. The molecular formula is C20H29N3O3. The lowest BCUT2D eigenvalue weighted by molar-refractivity contribution is 0.172. The van der Waals surface area contributed by atoms with Crippen molar-refractivity contribution in [1.29, 1.82) is 0 Å². The van der Waals surface area contributed by atoms with E-state index in [0.717, 1.165) is 35.2 Å². The van der Waals surface area contributed by atoms with E-state index in [2.05, 4.69) is 21.7 Å². The summed E-state index contributed by atoms with van der Waals surface area (Å²) >= 11 is 0. The SMILES string of the molecule is CN=C(NCc1cccc(OCCCOC)c1)NC(C)c1ccc(C)o1. The normalized spacial score (nSPS) is 12.7. The van der Waals surface area contributed by atoms with Crippen LogP contribution in [0.2, 0.25) is 0 Å². The van der Waals surface area contributed by atoms with Gasteiger partial charge in [0.15, 0.2) is 5.96 Å². The highest BCUT2D eigenvalue weighted by Crippen LogP contribution is 2.16. The lowest BCUT2D eigenvalue weighted by atomic mass is 10.2. The molecule has 1 aromatic carbocycles. The van der Waals surface area contributed by atoms with E-state index in [1.165, 1.54) is 0 Å². The number of aliphatic imine (C=N–C) groups is 1. The molecule has 6 nitrogen and oxygen atoms in total. The van der Waals surface area contributed by atoms with Gasteiger partial charge in [-0.25, -0.2) is 0 Å². The van der Waals surface area contributed by atoms with Crippen LogP contribution in [-0.4, -0.2) is 33.3 Å². The topological polar surface area (TPSA) is 68.0 Å². The van der Waals surface area contributed by atoms with Crippen LogP contribution in [0.4, 0.5) is 0 Å². The predicted molar refractivity (Wildman–Crippen MR) is 104 cm³/mol. The Labute approximate surface area is 155 Å². The first-order chi connectivity index (χ1) is 12.6. The zero-order chi connectivity index (χ0) is 18.8. The number of aryl methyl sites for hydroxylation is 1. The van der Waals surface area contributed by atoms with Crippen LogP contribution in [0.1, 0.15) is 36.5 Å². The number of furan rings is 1. The summed E-state index contributed by atoms with van der Waals surface area (Å²) in [7, 11) is 3.45. The van der Waals surface area contributed by atoms with Crippen molar-refractivity contribution in [3.63, 3.8) is 0 Å². The van der Waals surface area contributed by atoms with Crippen LogP contribution < -0.4 is 15.4 Å². The third-order valence-electron chi connectivity index (χ3n) is 3.88. The fourth-order valence-electron chi connectivity index (χ4n) is 2.48. The third kappa shape index (κ3) is 6.44. The van der Waals surface area contributed by atoms with Crippen LogP contribution in [0, 0.1) is 6.92 Å². The van der Waals surface area contributed by atoms with Crippen molar-refractivity contribution in [3.8, 4) is 5.75 Å². The molecule has 0 fully saturated rings. The summed E-state index contributed by atoms with van der Waals surface area (Å²) < 4.78 is 16.4. The van der Waals surface area contributed by atoms with E-state index in [1.54, 1.807) is 14.2 Å². The van der Waals surface area contributed by atoms with Gasteiger partial charge in [0.1, 0.15) is 17.3 Å². The van der Waals surface area contributed by atoms with E-state index in [1.807, 2.05) is 44.2 Å². The zero-order valence-corrected chi connectivity index (χ0v) is 16.0. The van der Waals surface area contributed by atoms with Crippen molar-refractivity contribution >= 4 is 5.96 Å². The van der Waals surface area contributed by atoms with Gasteiger partial charge in [0.25, 0.3) is 0 Å². The molecule has 0 radical (unpaired) electrons. The van der Waals surface area contributed by atoms with Crippen molar-refractivity contribution in [2.75, 3.05) is 27.4 Å². The maximum absolute atomic E-state index is 5.74. The monoisotopic (exact) mass is 359 g/mol. The van der Waals surface area contributed by atoms with Crippen molar-refractivity contribution in [2.45, 2.75) is 32.9 Å². The van der Waals surface area contributed by atoms with Crippen LogP contribution in [0.25, 0.3) is 0 Å². The zero-order valence-electron chi connectivity index (χ0n) is 16.0. The van der Waals surface area contributed by atoms with E-state index in [9.17, 15) is 0 Å². The van der Waals surface area contributed by atoms with Gasteiger partial charge < -0.3 is 24.5 Å². The molecule has 2 aromatic rings. The number of hydrogen-bond donors (Lipinski definition) is 2. The van der Waals surface area contributed by atoms with Crippen LogP contribution in [0.15, 0.2) is 45.8 Å². The molecule has 0 saturated heterocycles. The molecule has 1 aromatic heterocycles. The number of nitrogens with zero attached hydrogens (tertiary/aromatic N) is 1. The van der Waals surface area contributed by atoms with Crippen molar-refractivity contribution in [1.82, 2.24) is 10.6 Å². The lowest BCUT2D eigenvalue weighted by Gasteiger charge is -2.16. The third-order valence-corrected chi connectivity index (χ3v) is 3.88. The Morgan fingerprint density at radius 3 is 2.77 bits per heavy atom. The Morgan fingerprint density at radius 1 is 1.23 bits per heavy atom. The summed E-state index contributed by atoms with van der Waals surface area (Å²) in [5.74, 6) is 3.37. The molecule has 0 bridgehead atoms. The summed E-state index contributed by atoms with van der Waals surface area (Å²) in [4.78, 5) is 4.28. The van der Waals surface area contributed by atoms with Gasteiger partial charge in [-0.1, -0.05) is 12.1 Å². The van der Waals surface area contributed by atoms with Gasteiger partial charge >= 0.3 is 0 Å². The summed E-state index contributed by atoms with van der Waals surface area (Å²) in [6.45, 7) is 5.98. The van der Waals surface area contributed by atoms with Crippen molar-refractivity contribution < 1.29 is 13.9 Å². The minimum atomic E-state index is 0.0327. The number of hydrogen-bond acceptors (Lipinski definition) is 4. The number of methoxy groups -OCH3 is 1. The standard InChI is InChI=1S/C20H29N3O3/c1-15-9-10-19(26-15)16(2)23-20(21-3)22-14-17-7-5-8-18(13-17)25-12-6-11-24-4/h5,7-10,13,16H,6,11-12,14H2,1-4H3,(H2,21,22,23). The van der Waals surface area contributed by atoms with Crippen molar-refractivity contribution in [2.24, 2.45) is 4.99 Å². The van der Waals surface area contributed by atoms with E-state index >= 15 is 0 Å². The van der Waals surface area contributed by atoms with Gasteiger partial charge in [-0.2, -0.15) is 0 Å². The number of rotatable bonds is 9. The molecule has 0 amide bonds. The minimum Gasteiger partial charge on any atom is -0.493 e. The summed E-state index contributed by atoms with van der Waals surface area (Å²) in [6, 6.07) is 12.0. The summed E-state index contributed by atoms with van der Waals surface area (Å²) in [5.41, 5.74) is 1.12. The average molecular weight is 359 g/mol. The lowest BCUT2D eigenvalue weighted by Crippen LogP contribution is -2.38. The second-order valence-electron chi connectivity index (χ2n) is 6.08. The molecule has 2 N–H and O–H groups in total. The summed E-state index contributed by atoms with van der Waals surface area (Å²) in [5, 5.41) is 6.65. The molecular weight excluding hydrogens is 330 g/mol. The first kappa shape index (κ1) is 19.8. The highest BCUT2D eigenvalue weighted by Gasteiger charge is 2.11. The van der Waals surface area contributed by atoms with Gasteiger partial charge in [0.2, 0.25) is 0 Å². The molecule has 0 saturated carbocycles. The minimum absolute atomic E-state index is 0.0327. The molecule has 2 rings (SSSR count). The highest BCUT2D eigenvalue weighted by molar-refractivity contribution is 5.80. The molecule has 0 spiro atoms. The molecule has 0 aliphatic carbocycles. The van der Waals surface area contributed by atoms with Crippen LogP contribution >= 0.6 is 0 Å². The van der Waals surface area contributed by atoms with Gasteiger partial charge in [0.05, 0.1) is 12.6 Å². The Hall–Kier alpha value is -2.47. The first-order valence-electron chi connectivity index (χ1n) is 8.86. The molecule has 0 aliphatic heterocycles. The van der Waals surface area contributed by atoms with Gasteiger partial charge in [0, 0.05) is 33.7 Å². The maximum Gasteiger partial charge on any atom is 0.191 e. The molecule has 0 aliphatic rings. The van der Waals surface area contributed by atoms with E-state index in [-0.39, 0.29) is 6.04 Å². The Morgan fingerprint density at radius 2 is 2.08 bits per heavy atom.